The summed E-state index contributed by atoms with van der Waals surface area (Å²) in [6.45, 7) is 0.817. The number of hydrogen-bond donors (Lipinski definition) is 1. The van der Waals surface area contributed by atoms with Crippen molar-refractivity contribution >= 4 is 0 Å². The van der Waals surface area contributed by atoms with E-state index in [1.807, 2.05) is 0 Å². The van der Waals surface area contributed by atoms with Gasteiger partial charge in [0.15, 0.2) is 0 Å². The van der Waals surface area contributed by atoms with Crippen LogP contribution in [-0.2, 0) is 4.74 Å². The van der Waals surface area contributed by atoms with E-state index in [9.17, 15) is 0 Å². The molecule has 0 bridgehead atoms. The van der Waals surface area contributed by atoms with Crippen LogP contribution >= 0.6 is 0 Å². The van der Waals surface area contributed by atoms with Crippen LogP contribution in [0.3, 0.4) is 0 Å². The van der Waals surface area contributed by atoms with Crippen molar-refractivity contribution in [2.24, 2.45) is 11.7 Å². The van der Waals surface area contributed by atoms with Crippen molar-refractivity contribution in [1.29, 1.82) is 0 Å². The van der Waals surface area contributed by atoms with E-state index in [0.717, 1.165) is 6.54 Å². The summed E-state index contributed by atoms with van der Waals surface area (Å²) in [5.41, 5.74) is 5.78. The van der Waals surface area contributed by atoms with Gasteiger partial charge in [0, 0.05) is 0 Å². The summed E-state index contributed by atoms with van der Waals surface area (Å²) in [6.07, 6.45) is 13.0. The molecule has 0 spiro atoms. The fraction of sp³-hybridized carbons (Fsp3) is 1.00. The van der Waals surface area contributed by atoms with Gasteiger partial charge in [0.2, 0.25) is 0 Å². The highest BCUT2D eigenvalue weighted by molar-refractivity contribution is 4.80. The van der Waals surface area contributed by atoms with E-state index in [-0.39, 0.29) is 0 Å². The van der Waals surface area contributed by atoms with Gasteiger partial charge in [0.25, 0.3) is 0 Å². The normalized spacial score (nSPS) is 34.2. The first-order valence-corrected chi connectivity index (χ1v) is 6.75. The molecule has 15 heavy (non-hydrogen) atoms. The second kappa shape index (κ2) is 5.86. The highest BCUT2D eigenvalue weighted by Gasteiger charge is 2.29. The second-order valence-electron chi connectivity index (χ2n) is 5.21. The Kier molecular flexibility index (Phi) is 4.45. The minimum atomic E-state index is 0.484. The van der Waals surface area contributed by atoms with E-state index in [2.05, 4.69) is 0 Å². The van der Waals surface area contributed by atoms with E-state index in [0.29, 0.717) is 18.1 Å². The van der Waals surface area contributed by atoms with Crippen LogP contribution in [0.25, 0.3) is 0 Å². The number of nitrogens with two attached hydrogens (primary N) is 1. The van der Waals surface area contributed by atoms with Crippen LogP contribution in [0.1, 0.15) is 57.8 Å². The molecule has 0 amide bonds. The molecule has 0 aromatic heterocycles. The van der Waals surface area contributed by atoms with Gasteiger partial charge < -0.3 is 10.5 Å². The molecule has 0 radical (unpaired) electrons. The Labute approximate surface area is 93.6 Å². The summed E-state index contributed by atoms with van der Waals surface area (Å²) in [7, 11) is 0. The van der Waals surface area contributed by atoms with E-state index >= 15 is 0 Å². The molecule has 2 aliphatic carbocycles. The molecular weight excluding hydrogens is 186 g/mol. The van der Waals surface area contributed by atoms with Crippen LogP contribution in [-0.4, -0.2) is 18.8 Å². The lowest BCUT2D eigenvalue weighted by Gasteiger charge is -2.24. The topological polar surface area (TPSA) is 35.2 Å². The molecule has 2 fully saturated rings. The van der Waals surface area contributed by atoms with Gasteiger partial charge in [0.05, 0.1) is 12.2 Å². The van der Waals surface area contributed by atoms with Crippen LogP contribution in [0, 0.1) is 5.92 Å². The molecule has 2 atom stereocenters. The first-order valence-electron chi connectivity index (χ1n) is 6.75. The fourth-order valence-corrected chi connectivity index (χ4v) is 3.08. The summed E-state index contributed by atoms with van der Waals surface area (Å²) in [6, 6.07) is 0. The van der Waals surface area contributed by atoms with Gasteiger partial charge in [-0.25, -0.2) is 0 Å². The predicted octanol–water partition coefficient (Wildman–Crippen LogP) is 2.85. The zero-order chi connectivity index (χ0) is 10.5. The lowest BCUT2D eigenvalue weighted by molar-refractivity contribution is -0.0355. The van der Waals surface area contributed by atoms with Crippen molar-refractivity contribution in [2.75, 3.05) is 6.54 Å². The Morgan fingerprint density at radius 1 is 0.867 bits per heavy atom. The summed E-state index contributed by atoms with van der Waals surface area (Å²) in [5.74, 6) is 0.647. The zero-order valence-corrected chi connectivity index (χ0v) is 9.79. The van der Waals surface area contributed by atoms with Crippen LogP contribution in [0.4, 0.5) is 0 Å². The smallest absolute Gasteiger partial charge is 0.0619 e. The molecule has 0 saturated heterocycles. The van der Waals surface area contributed by atoms with Crippen molar-refractivity contribution in [3.63, 3.8) is 0 Å². The molecular formula is C13H25NO. The second-order valence-corrected chi connectivity index (χ2v) is 5.21. The maximum atomic E-state index is 6.26. The number of hydrogen-bond acceptors (Lipinski definition) is 2. The monoisotopic (exact) mass is 211 g/mol. The Hall–Kier alpha value is -0.0800. The van der Waals surface area contributed by atoms with Crippen molar-refractivity contribution in [1.82, 2.24) is 0 Å². The average Bonchev–Trinajstić information content (AvgIpc) is 2.53. The van der Waals surface area contributed by atoms with Crippen LogP contribution in [0.5, 0.6) is 0 Å². The van der Waals surface area contributed by atoms with Crippen molar-refractivity contribution in [2.45, 2.75) is 70.0 Å². The zero-order valence-electron chi connectivity index (χ0n) is 9.79. The van der Waals surface area contributed by atoms with Gasteiger partial charge in [-0.1, -0.05) is 32.1 Å². The van der Waals surface area contributed by atoms with Gasteiger partial charge in [-0.2, -0.15) is 0 Å². The van der Waals surface area contributed by atoms with Crippen LogP contribution in [0.2, 0.25) is 0 Å². The summed E-state index contributed by atoms with van der Waals surface area (Å²) in [4.78, 5) is 0. The van der Waals surface area contributed by atoms with Gasteiger partial charge in [-0.05, 0) is 38.1 Å². The minimum absolute atomic E-state index is 0.484. The standard InChI is InChI=1S/C13H25NO/c14-10-11-6-5-9-13(11)15-12-7-3-1-2-4-8-12/h11-13H,1-10,14H2. The van der Waals surface area contributed by atoms with Gasteiger partial charge in [-0.3, -0.25) is 0 Å². The molecule has 2 heteroatoms. The summed E-state index contributed by atoms with van der Waals surface area (Å²) >= 11 is 0. The summed E-state index contributed by atoms with van der Waals surface area (Å²) in [5, 5.41) is 0. The van der Waals surface area contributed by atoms with Crippen molar-refractivity contribution in [3.8, 4) is 0 Å². The third-order valence-corrected chi connectivity index (χ3v) is 4.06. The highest BCUT2D eigenvalue weighted by Crippen LogP contribution is 2.31. The van der Waals surface area contributed by atoms with Gasteiger partial charge >= 0.3 is 0 Å². The Morgan fingerprint density at radius 2 is 1.60 bits per heavy atom. The molecule has 0 heterocycles. The Bertz CT molecular complexity index is 175. The van der Waals surface area contributed by atoms with E-state index in [1.165, 1.54) is 57.8 Å². The van der Waals surface area contributed by atoms with Crippen molar-refractivity contribution < 1.29 is 4.74 Å². The quantitative estimate of drug-likeness (QED) is 0.729. The predicted molar refractivity (Wildman–Crippen MR) is 62.8 cm³/mol. The number of rotatable bonds is 3. The molecule has 2 nitrogen and oxygen atoms in total. The first kappa shape index (κ1) is 11.4. The van der Waals surface area contributed by atoms with Gasteiger partial charge in [-0.15, -0.1) is 0 Å². The largest absolute Gasteiger partial charge is 0.375 e. The molecule has 0 aromatic carbocycles. The van der Waals surface area contributed by atoms with E-state index in [4.69, 9.17) is 10.5 Å². The Balaban J connectivity index is 1.78. The SMILES string of the molecule is NCC1CCCC1OC1CCCCCC1. The van der Waals surface area contributed by atoms with Crippen LogP contribution in [0.15, 0.2) is 0 Å². The highest BCUT2D eigenvalue weighted by atomic mass is 16.5. The molecule has 0 aliphatic heterocycles. The molecule has 0 aromatic rings. The molecule has 2 N–H and O–H groups in total. The van der Waals surface area contributed by atoms with E-state index in [1.54, 1.807) is 0 Å². The molecule has 2 aliphatic rings. The third-order valence-electron chi connectivity index (χ3n) is 4.06. The fourth-order valence-electron chi connectivity index (χ4n) is 3.08. The van der Waals surface area contributed by atoms with Gasteiger partial charge in [0.1, 0.15) is 0 Å². The maximum absolute atomic E-state index is 6.26. The molecule has 2 saturated carbocycles. The Morgan fingerprint density at radius 3 is 2.27 bits per heavy atom. The van der Waals surface area contributed by atoms with Crippen LogP contribution < -0.4 is 5.73 Å². The minimum Gasteiger partial charge on any atom is -0.375 e. The molecule has 2 rings (SSSR count). The first-order chi connectivity index (χ1) is 7.40. The van der Waals surface area contributed by atoms with Crippen molar-refractivity contribution in [3.05, 3.63) is 0 Å². The third kappa shape index (κ3) is 3.18. The lowest BCUT2D eigenvalue weighted by Crippen LogP contribution is -2.29. The number of ether oxygens (including phenoxy) is 1. The summed E-state index contributed by atoms with van der Waals surface area (Å²) < 4.78 is 6.26. The molecule has 88 valence electrons. The maximum Gasteiger partial charge on any atom is 0.0619 e. The molecule has 2 unspecified atom stereocenters. The lowest BCUT2D eigenvalue weighted by atomic mass is 10.1. The average molecular weight is 211 g/mol. The van der Waals surface area contributed by atoms with E-state index < -0.39 is 0 Å².